The maximum absolute atomic E-state index is 13.5. The van der Waals surface area contributed by atoms with Gasteiger partial charge in [-0.25, -0.2) is 4.39 Å². The van der Waals surface area contributed by atoms with Crippen molar-refractivity contribution in [2.24, 2.45) is 0 Å². The van der Waals surface area contributed by atoms with Gasteiger partial charge in [0.05, 0.1) is 0 Å². The first kappa shape index (κ1) is 24.4. The molecule has 7 heteroatoms. The number of halogens is 1. The zero-order valence-corrected chi connectivity index (χ0v) is 20.0. The number of likely N-dealkylation sites (tertiary alicyclic amines) is 1. The minimum absolute atomic E-state index is 0.0569. The van der Waals surface area contributed by atoms with Gasteiger partial charge in [-0.15, -0.1) is 0 Å². The minimum Gasteiger partial charge on any atom is -0.340 e. The summed E-state index contributed by atoms with van der Waals surface area (Å²) in [6.45, 7) is 6.65. The van der Waals surface area contributed by atoms with Gasteiger partial charge in [-0.2, -0.15) is 0 Å². The van der Waals surface area contributed by atoms with Crippen LogP contribution in [0.25, 0.3) is 0 Å². The highest BCUT2D eigenvalue weighted by atomic mass is 19.1. The lowest BCUT2D eigenvalue weighted by molar-refractivity contribution is -0.142. The number of rotatable bonds is 7. The summed E-state index contributed by atoms with van der Waals surface area (Å²) < 4.78 is 13.5. The van der Waals surface area contributed by atoms with E-state index in [2.05, 4.69) is 22.3 Å². The van der Waals surface area contributed by atoms with Crippen LogP contribution >= 0.6 is 0 Å². The Bertz CT molecular complexity index is 945. The molecule has 182 valence electrons. The summed E-state index contributed by atoms with van der Waals surface area (Å²) in [4.78, 5) is 32.0. The molecule has 6 nitrogen and oxygen atoms in total. The maximum atomic E-state index is 13.5. The number of hydrogen-bond acceptors (Lipinski definition) is 4. The fourth-order valence-corrected chi connectivity index (χ4v) is 5.07. The van der Waals surface area contributed by atoms with Gasteiger partial charge < -0.3 is 15.1 Å². The molecular formula is C27H35FN4O2. The van der Waals surface area contributed by atoms with E-state index in [0.717, 1.165) is 44.6 Å². The Morgan fingerprint density at radius 3 is 2.53 bits per heavy atom. The number of benzene rings is 2. The Labute approximate surface area is 201 Å². The summed E-state index contributed by atoms with van der Waals surface area (Å²) in [6, 6.07) is 16.6. The van der Waals surface area contributed by atoms with Gasteiger partial charge in [-0.05, 0) is 49.1 Å². The van der Waals surface area contributed by atoms with E-state index >= 15 is 0 Å². The summed E-state index contributed by atoms with van der Waals surface area (Å²) in [6.07, 6.45) is 2.42. The molecule has 0 bridgehead atoms. The molecule has 2 heterocycles. The smallest absolute Gasteiger partial charge is 0.245 e. The average Bonchev–Trinajstić information content (AvgIpc) is 3.12. The van der Waals surface area contributed by atoms with Crippen LogP contribution in [0.15, 0.2) is 54.6 Å². The van der Waals surface area contributed by atoms with Gasteiger partial charge in [0, 0.05) is 52.2 Å². The van der Waals surface area contributed by atoms with E-state index in [4.69, 9.17) is 0 Å². The highest BCUT2D eigenvalue weighted by Crippen LogP contribution is 2.26. The molecule has 2 aromatic rings. The van der Waals surface area contributed by atoms with Crippen molar-refractivity contribution in [1.82, 2.24) is 20.0 Å². The lowest BCUT2D eigenvalue weighted by Gasteiger charge is -2.29. The normalized spacial score (nSPS) is 21.0. The molecule has 0 spiro atoms. The van der Waals surface area contributed by atoms with Crippen LogP contribution in [0.1, 0.15) is 30.9 Å². The number of carbonyl (C=O) groups excluding carboxylic acids is 2. The number of carbonyl (C=O) groups is 2. The van der Waals surface area contributed by atoms with Crippen molar-refractivity contribution in [3.8, 4) is 0 Å². The van der Waals surface area contributed by atoms with Crippen molar-refractivity contribution >= 4 is 11.8 Å². The van der Waals surface area contributed by atoms with Crippen molar-refractivity contribution in [2.75, 3.05) is 39.3 Å². The zero-order chi connectivity index (χ0) is 23.9. The van der Waals surface area contributed by atoms with Crippen molar-refractivity contribution in [2.45, 2.75) is 44.8 Å². The molecular weight excluding hydrogens is 431 g/mol. The van der Waals surface area contributed by atoms with Gasteiger partial charge in [0.2, 0.25) is 11.8 Å². The third kappa shape index (κ3) is 6.21. The molecule has 4 rings (SSSR count). The zero-order valence-electron chi connectivity index (χ0n) is 20.0. The Balaban J connectivity index is 1.51. The predicted octanol–water partition coefficient (Wildman–Crippen LogP) is 2.68. The average molecular weight is 467 g/mol. The van der Waals surface area contributed by atoms with E-state index in [9.17, 15) is 14.0 Å². The molecule has 2 fully saturated rings. The molecule has 2 aliphatic rings. The number of hydrogen-bond donors (Lipinski definition) is 1. The number of nitrogens with zero attached hydrogens (tertiary/aromatic N) is 3. The fraction of sp³-hybridized carbons (Fsp3) is 0.481. The maximum Gasteiger partial charge on any atom is 0.245 e. The van der Waals surface area contributed by atoms with Gasteiger partial charge in [0.1, 0.15) is 11.9 Å². The highest BCUT2D eigenvalue weighted by molar-refractivity contribution is 5.87. The molecule has 0 aliphatic carbocycles. The Hall–Kier alpha value is -2.77. The van der Waals surface area contributed by atoms with Crippen LogP contribution in [0.4, 0.5) is 4.39 Å². The second-order valence-electron chi connectivity index (χ2n) is 9.34. The molecule has 0 saturated carbocycles. The van der Waals surface area contributed by atoms with Crippen LogP contribution < -0.4 is 5.32 Å². The predicted molar refractivity (Wildman–Crippen MR) is 131 cm³/mol. The van der Waals surface area contributed by atoms with Crippen molar-refractivity contribution in [1.29, 1.82) is 0 Å². The second kappa shape index (κ2) is 11.6. The summed E-state index contributed by atoms with van der Waals surface area (Å²) in [5.74, 6) is -0.245. The number of amides is 2. The first-order chi connectivity index (χ1) is 16.5. The largest absolute Gasteiger partial charge is 0.340 e. The van der Waals surface area contributed by atoms with Crippen molar-refractivity contribution in [3.63, 3.8) is 0 Å². The van der Waals surface area contributed by atoms with E-state index in [1.165, 1.54) is 17.7 Å². The molecule has 0 radical (unpaired) electrons. The molecule has 2 atom stereocenters. The van der Waals surface area contributed by atoms with Crippen LogP contribution in [-0.2, 0) is 22.6 Å². The Kier molecular flexibility index (Phi) is 8.29. The molecule has 34 heavy (non-hydrogen) atoms. The van der Waals surface area contributed by atoms with E-state index in [1.807, 2.05) is 35.2 Å². The van der Waals surface area contributed by atoms with Crippen LogP contribution in [0.2, 0.25) is 0 Å². The summed E-state index contributed by atoms with van der Waals surface area (Å²) >= 11 is 0. The van der Waals surface area contributed by atoms with Crippen LogP contribution in [0, 0.1) is 5.82 Å². The van der Waals surface area contributed by atoms with E-state index < -0.39 is 6.04 Å². The Morgan fingerprint density at radius 1 is 1.03 bits per heavy atom. The molecule has 2 unspecified atom stereocenters. The lowest BCUT2D eigenvalue weighted by Crippen LogP contribution is -2.48. The van der Waals surface area contributed by atoms with Gasteiger partial charge in [0.25, 0.3) is 0 Å². The molecule has 0 aromatic heterocycles. The van der Waals surface area contributed by atoms with Crippen molar-refractivity contribution in [3.05, 3.63) is 71.5 Å². The molecule has 2 saturated heterocycles. The summed E-state index contributed by atoms with van der Waals surface area (Å²) in [5, 5.41) is 3.34. The molecule has 2 aromatic carbocycles. The van der Waals surface area contributed by atoms with Gasteiger partial charge in [-0.3, -0.25) is 14.5 Å². The van der Waals surface area contributed by atoms with Crippen LogP contribution in [0.5, 0.6) is 0 Å². The molecule has 2 amide bonds. The third-order valence-electron chi connectivity index (χ3n) is 6.97. The monoisotopic (exact) mass is 466 g/mol. The second-order valence-corrected chi connectivity index (χ2v) is 9.34. The summed E-state index contributed by atoms with van der Waals surface area (Å²) in [5.41, 5.74) is 2.27. The van der Waals surface area contributed by atoms with Crippen LogP contribution in [0.3, 0.4) is 0 Å². The van der Waals surface area contributed by atoms with Crippen molar-refractivity contribution < 1.29 is 14.0 Å². The van der Waals surface area contributed by atoms with E-state index in [0.29, 0.717) is 26.1 Å². The lowest BCUT2D eigenvalue weighted by atomic mass is 10.1. The number of nitrogens with one attached hydrogen (secondary N) is 1. The molecule has 2 aliphatic heterocycles. The van der Waals surface area contributed by atoms with E-state index in [-0.39, 0.29) is 23.7 Å². The first-order valence-corrected chi connectivity index (χ1v) is 12.3. The van der Waals surface area contributed by atoms with Gasteiger partial charge >= 0.3 is 0 Å². The Morgan fingerprint density at radius 2 is 1.79 bits per heavy atom. The minimum atomic E-state index is -0.423. The first-order valence-electron chi connectivity index (χ1n) is 12.3. The highest BCUT2D eigenvalue weighted by Gasteiger charge is 2.42. The van der Waals surface area contributed by atoms with Gasteiger partial charge in [0.15, 0.2) is 0 Å². The van der Waals surface area contributed by atoms with Gasteiger partial charge in [-0.1, -0.05) is 42.5 Å². The quantitative estimate of drug-likeness (QED) is 0.682. The summed E-state index contributed by atoms with van der Waals surface area (Å²) in [7, 11) is 0. The van der Waals surface area contributed by atoms with Crippen LogP contribution in [-0.4, -0.2) is 77.9 Å². The fourth-order valence-electron chi connectivity index (χ4n) is 5.07. The SMILES string of the molecule is CC(=O)N1CC(N(CCc2ccccc2)Cc2ccc(F)cc2)CC1C(=O)N1CCCNCC1. The third-order valence-corrected chi connectivity index (χ3v) is 6.97. The topological polar surface area (TPSA) is 55.9 Å². The van der Waals surface area contributed by atoms with E-state index in [1.54, 1.807) is 11.8 Å². The molecule has 1 N–H and O–H groups in total. The standard InChI is InChI=1S/C27H35FN4O2/c1-21(33)32-20-25(18-26(32)27(34)30-15-5-13-29-14-17-30)31(16-12-22-6-3-2-4-7-22)19-23-8-10-24(28)11-9-23/h2-4,6-11,25-26,29H,5,12-20H2,1H3.